The standard InChI is InChI=1S/C18H11ClN2O3.C12H9NO.C6H3Cl2NO2.C2H4O2.Na/c19-11-8-9-16(21(22)23)15(10-11)20-14-6-3-5-13-12-4-1-2-7-17(12)24-18(13)14;13-10-6-3-5-9-8-4-1-2-7-11(8)14-12(9)10;7-4-1-2-6(9(10)11)5(8)3-4;1-2(3)4;/h1-10,20H;1-7H,13H2;1-3H;1H3,(H,3,4);/q;;;;+1/p-1. The molecule has 0 atom stereocenters. The molecular weight excluding hydrogens is 770 g/mol. The fourth-order valence-corrected chi connectivity index (χ4v) is 5.81. The first-order chi connectivity index (χ1) is 25.3. The number of nitrogens with two attached hydrogens (primary N) is 1. The van der Waals surface area contributed by atoms with Crippen LogP contribution in [0.25, 0.3) is 43.9 Å². The molecule has 54 heavy (non-hydrogen) atoms. The number of benzene rings is 6. The van der Waals surface area contributed by atoms with E-state index in [1.807, 2.05) is 84.9 Å². The number of carboxylic acids is 1. The number of nitrogen functional groups attached to an aromatic ring is 1. The van der Waals surface area contributed by atoms with Gasteiger partial charge in [-0.2, -0.15) is 0 Å². The fraction of sp³-hybridized carbons (Fsp3) is 0.0263. The van der Waals surface area contributed by atoms with Crippen LogP contribution in [0.1, 0.15) is 6.92 Å². The van der Waals surface area contributed by atoms with Gasteiger partial charge in [0.1, 0.15) is 21.9 Å². The maximum absolute atomic E-state index is 11.2. The summed E-state index contributed by atoms with van der Waals surface area (Å²) in [4.78, 5) is 29.3. The third-order valence-electron chi connectivity index (χ3n) is 7.37. The Bertz CT molecular complexity index is 2630. The van der Waals surface area contributed by atoms with Gasteiger partial charge in [0.25, 0.3) is 11.4 Å². The third-order valence-corrected chi connectivity index (χ3v) is 8.14. The molecule has 268 valence electrons. The molecule has 0 radical (unpaired) electrons. The first-order valence-corrected chi connectivity index (χ1v) is 16.5. The van der Waals surface area contributed by atoms with Crippen molar-refractivity contribution < 1.29 is 58.1 Å². The number of fused-ring (bicyclic) bond motifs is 6. The summed E-state index contributed by atoms with van der Waals surface area (Å²) < 4.78 is 11.6. The van der Waals surface area contributed by atoms with Gasteiger partial charge < -0.3 is 29.8 Å². The summed E-state index contributed by atoms with van der Waals surface area (Å²) in [6.07, 6.45) is 0. The molecule has 0 fully saturated rings. The molecule has 0 aliphatic heterocycles. The van der Waals surface area contributed by atoms with Gasteiger partial charge in [-0.1, -0.05) is 95.5 Å². The van der Waals surface area contributed by atoms with Gasteiger partial charge in [-0.05, 0) is 55.5 Å². The summed E-state index contributed by atoms with van der Waals surface area (Å²) in [5, 5.41) is 38.4. The number of carboxylic acid groups (broad SMARTS) is 1. The van der Waals surface area contributed by atoms with Crippen molar-refractivity contribution >= 4 is 113 Å². The van der Waals surface area contributed by atoms with Gasteiger partial charge in [-0.15, -0.1) is 0 Å². The molecule has 0 unspecified atom stereocenters. The molecule has 16 heteroatoms. The average molecular weight is 796 g/mol. The molecule has 6 aromatic carbocycles. The van der Waals surface area contributed by atoms with Crippen molar-refractivity contribution in [1.29, 1.82) is 0 Å². The molecular formula is C38H26Cl3N4NaO8. The number of halogens is 3. The Morgan fingerprint density at radius 3 is 1.65 bits per heavy atom. The molecule has 0 aliphatic rings. The van der Waals surface area contributed by atoms with Gasteiger partial charge in [0.05, 0.1) is 21.2 Å². The van der Waals surface area contributed by atoms with Crippen LogP contribution >= 0.6 is 34.8 Å². The van der Waals surface area contributed by atoms with E-state index >= 15 is 0 Å². The normalized spacial score (nSPS) is 10.2. The Hall–Kier alpha value is -5.34. The minimum atomic E-state index is -1.08. The summed E-state index contributed by atoms with van der Waals surface area (Å²) in [5.74, 6) is -1.08. The van der Waals surface area contributed by atoms with E-state index in [0.717, 1.165) is 45.2 Å². The van der Waals surface area contributed by atoms with Crippen LogP contribution in [0, 0.1) is 20.2 Å². The third kappa shape index (κ3) is 9.99. The molecule has 8 rings (SSSR count). The van der Waals surface area contributed by atoms with E-state index in [9.17, 15) is 20.2 Å². The van der Waals surface area contributed by atoms with E-state index in [0.29, 0.717) is 32.7 Å². The zero-order valence-corrected chi connectivity index (χ0v) is 32.7. The number of furan rings is 2. The van der Waals surface area contributed by atoms with Crippen LogP contribution in [0.4, 0.5) is 28.4 Å². The van der Waals surface area contributed by atoms with Gasteiger partial charge in [-0.25, -0.2) is 0 Å². The zero-order chi connectivity index (χ0) is 38.2. The number of hydrogen-bond acceptors (Lipinski definition) is 10. The molecule has 2 heterocycles. The summed E-state index contributed by atoms with van der Waals surface area (Å²) in [5.41, 5.74) is 10.4. The van der Waals surface area contributed by atoms with Crippen molar-refractivity contribution in [3.8, 4) is 0 Å². The van der Waals surface area contributed by atoms with E-state index in [1.54, 1.807) is 0 Å². The maximum atomic E-state index is 11.2. The van der Waals surface area contributed by atoms with E-state index < -0.39 is 15.8 Å². The molecule has 0 amide bonds. The molecule has 0 saturated carbocycles. The SMILES string of the molecule is CC(=O)[O-].Nc1cccc2c1oc1ccccc12.O=[N+]([O-])c1ccc(Cl)cc1Cl.O=[N+]([O-])c1ccc(Cl)cc1Nc1cccc2c1oc1ccccc12.[Na+]. The number of nitro groups is 2. The quantitative estimate of drug-likeness (QED) is 0.0772. The molecule has 0 aliphatic carbocycles. The Morgan fingerprint density at radius 2 is 1.09 bits per heavy atom. The number of anilines is 3. The Balaban J connectivity index is 0.000000184. The number of carbonyl (C=O) groups excluding carboxylic acids is 1. The van der Waals surface area contributed by atoms with Crippen molar-refractivity contribution in [2.75, 3.05) is 11.1 Å². The van der Waals surface area contributed by atoms with Gasteiger partial charge in [-0.3, -0.25) is 20.2 Å². The van der Waals surface area contributed by atoms with Crippen molar-refractivity contribution in [1.82, 2.24) is 0 Å². The summed E-state index contributed by atoms with van der Waals surface area (Å²) in [7, 11) is 0. The van der Waals surface area contributed by atoms with Gasteiger partial charge in [0.2, 0.25) is 0 Å². The smallest absolute Gasteiger partial charge is 0.550 e. The zero-order valence-electron chi connectivity index (χ0n) is 28.4. The molecule has 0 spiro atoms. The molecule has 0 saturated heterocycles. The monoisotopic (exact) mass is 794 g/mol. The topological polar surface area (TPSA) is 191 Å². The summed E-state index contributed by atoms with van der Waals surface area (Å²) in [6.45, 7) is 0.972. The molecule has 12 nitrogen and oxygen atoms in total. The Labute approximate surface area is 343 Å². The molecule has 3 N–H and O–H groups in total. The van der Waals surface area contributed by atoms with Crippen LogP contribution in [0.3, 0.4) is 0 Å². The first kappa shape index (κ1) is 41.4. The van der Waals surface area contributed by atoms with Gasteiger partial charge in [0, 0.05) is 49.7 Å². The van der Waals surface area contributed by atoms with Gasteiger partial charge in [0.15, 0.2) is 11.2 Å². The number of carbonyl (C=O) groups is 1. The number of nitrogens with zero attached hydrogens (tertiary/aromatic N) is 2. The van der Waals surface area contributed by atoms with Crippen molar-refractivity contribution in [3.63, 3.8) is 0 Å². The van der Waals surface area contributed by atoms with Gasteiger partial charge >= 0.3 is 29.6 Å². The van der Waals surface area contributed by atoms with E-state index in [2.05, 4.69) is 5.32 Å². The molecule has 2 aromatic heterocycles. The number of hydrogen-bond donors (Lipinski definition) is 2. The second-order valence-electron chi connectivity index (χ2n) is 11.0. The van der Waals surface area contributed by atoms with Crippen LogP contribution < -0.4 is 45.7 Å². The second kappa shape index (κ2) is 18.6. The average Bonchev–Trinajstić information content (AvgIpc) is 3.69. The van der Waals surface area contributed by atoms with Crippen LogP contribution in [-0.2, 0) is 4.79 Å². The van der Waals surface area contributed by atoms with Crippen molar-refractivity contribution in [3.05, 3.63) is 157 Å². The number of rotatable bonds is 4. The largest absolute Gasteiger partial charge is 1.00 e. The molecule has 0 bridgehead atoms. The summed E-state index contributed by atoms with van der Waals surface area (Å²) in [6, 6.07) is 35.6. The van der Waals surface area contributed by atoms with Crippen LogP contribution in [0.15, 0.2) is 130 Å². The van der Waals surface area contributed by atoms with E-state index in [-0.39, 0.29) is 46.0 Å². The maximum Gasteiger partial charge on any atom is 1.00 e. The van der Waals surface area contributed by atoms with Crippen molar-refractivity contribution in [2.45, 2.75) is 6.92 Å². The minimum absolute atomic E-state index is 0. The fourth-order valence-electron chi connectivity index (χ4n) is 5.16. The predicted octanol–water partition coefficient (Wildman–Crippen LogP) is 7.72. The number of aliphatic carboxylic acids is 1. The number of nitrogens with one attached hydrogen (secondary N) is 1. The number of para-hydroxylation sites is 4. The first-order valence-electron chi connectivity index (χ1n) is 15.4. The second-order valence-corrected chi connectivity index (χ2v) is 12.3. The van der Waals surface area contributed by atoms with Crippen LogP contribution in [0.2, 0.25) is 15.1 Å². The van der Waals surface area contributed by atoms with Crippen LogP contribution in [-0.4, -0.2) is 15.8 Å². The van der Waals surface area contributed by atoms with E-state index in [4.69, 9.17) is 59.3 Å². The minimum Gasteiger partial charge on any atom is -0.550 e. The number of nitro benzene ring substituents is 2. The van der Waals surface area contributed by atoms with E-state index in [1.165, 1.54) is 36.4 Å². The van der Waals surface area contributed by atoms with Crippen molar-refractivity contribution in [2.24, 2.45) is 0 Å². The Kier molecular flexibility index (Phi) is 14.3. The van der Waals surface area contributed by atoms with Crippen LogP contribution in [0.5, 0.6) is 0 Å². The molecule has 8 aromatic rings. The predicted molar refractivity (Wildman–Crippen MR) is 207 cm³/mol. The summed E-state index contributed by atoms with van der Waals surface area (Å²) >= 11 is 17.0. The Morgan fingerprint density at radius 1 is 0.630 bits per heavy atom.